The molecule has 0 aromatic carbocycles. The molecular formula is C20H26N8O13P2+2. The largest absolute Gasteiger partial charge is 0.481 e. The minimum atomic E-state index is -5.35. The van der Waals surface area contributed by atoms with Crippen molar-refractivity contribution >= 4 is 38.3 Å². The van der Waals surface area contributed by atoms with Crippen molar-refractivity contribution in [3.8, 4) is 0 Å². The molecule has 0 amide bonds. The fourth-order valence-electron chi connectivity index (χ4n) is 4.48. The van der Waals surface area contributed by atoms with Gasteiger partial charge in [-0.2, -0.15) is 8.88 Å². The fraction of sp³-hybridized carbons (Fsp3) is 0.500. The molecule has 0 bridgehead atoms. The van der Waals surface area contributed by atoms with Crippen molar-refractivity contribution in [3.05, 3.63) is 42.2 Å². The molecule has 8 N–H and O–H groups in total. The van der Waals surface area contributed by atoms with Crippen LogP contribution in [0.1, 0.15) is 12.5 Å². The maximum Gasteiger partial charge on any atom is 0.481 e. The van der Waals surface area contributed by atoms with Crippen LogP contribution in [0.5, 0.6) is 0 Å². The topological polar surface area (TPSA) is 303 Å². The first kappa shape index (κ1) is 31.4. The van der Waals surface area contributed by atoms with E-state index in [1.54, 1.807) is 0 Å². The van der Waals surface area contributed by atoms with E-state index >= 15 is 0 Å². The van der Waals surface area contributed by atoms with Gasteiger partial charge in [0.15, 0.2) is 35.0 Å². The summed E-state index contributed by atoms with van der Waals surface area (Å²) in [5, 5.41) is 50.5. The summed E-state index contributed by atoms with van der Waals surface area (Å²) in [7, 11) is -10.7. The average Bonchev–Trinajstić information content (AvgIpc) is 3.61. The third-order valence-corrected chi connectivity index (χ3v) is 9.16. The number of fused-ring (bicyclic) bond motifs is 1. The van der Waals surface area contributed by atoms with Gasteiger partial charge in [-0.3, -0.25) is 13.6 Å². The lowest BCUT2D eigenvalue weighted by Gasteiger charge is -2.20. The van der Waals surface area contributed by atoms with Gasteiger partial charge in [-0.25, -0.2) is 24.1 Å². The monoisotopic (exact) mass is 648 g/mol. The first-order chi connectivity index (χ1) is 20.3. The normalized spacial score (nSPS) is 31.9. The van der Waals surface area contributed by atoms with Crippen LogP contribution in [0.4, 0.5) is 11.5 Å². The molecule has 2 unspecified atom stereocenters. The van der Waals surface area contributed by atoms with E-state index in [-0.39, 0.29) is 22.7 Å². The Morgan fingerprint density at radius 2 is 1.65 bits per heavy atom. The predicted octanol–water partition coefficient (Wildman–Crippen LogP) is -1.63. The number of aliphatic hydroxyl groups is 4. The predicted molar refractivity (Wildman–Crippen MR) is 136 cm³/mol. The van der Waals surface area contributed by atoms with E-state index in [4.69, 9.17) is 25.1 Å². The van der Waals surface area contributed by atoms with Crippen molar-refractivity contribution in [2.24, 2.45) is 0 Å². The molecule has 2 aliphatic rings. The minimum absolute atomic E-state index is 0.0544. The van der Waals surface area contributed by atoms with Crippen molar-refractivity contribution in [1.29, 1.82) is 5.39 Å². The summed E-state index contributed by atoms with van der Waals surface area (Å²) < 4.78 is 52.0. The van der Waals surface area contributed by atoms with E-state index in [0.717, 1.165) is 6.33 Å². The zero-order chi connectivity index (χ0) is 31.1. The number of ether oxygens (including phenoxy) is 2. The number of nitrogens with zero attached hydrogens (tertiary/aromatic N) is 7. The van der Waals surface area contributed by atoms with Gasteiger partial charge in [-0.05, 0) is 0 Å². The van der Waals surface area contributed by atoms with Crippen LogP contribution in [0.25, 0.3) is 16.1 Å². The number of phosphoric ester groups is 2. The zero-order valence-electron chi connectivity index (χ0n) is 21.6. The van der Waals surface area contributed by atoms with Crippen LogP contribution in [0.2, 0.25) is 0 Å². The van der Waals surface area contributed by atoms with Crippen LogP contribution in [0.15, 0.2) is 37.2 Å². The number of imidazole rings is 1. The molecule has 5 rings (SSSR count). The summed E-state index contributed by atoms with van der Waals surface area (Å²) in [6.07, 6.45) is -6.59. The first-order valence-corrected chi connectivity index (χ1v) is 15.3. The van der Waals surface area contributed by atoms with E-state index in [9.17, 15) is 39.3 Å². The lowest BCUT2D eigenvalue weighted by atomic mass is 10.1. The number of anilines is 1. The molecule has 2 saturated heterocycles. The number of pyridine rings is 1. The van der Waals surface area contributed by atoms with Gasteiger partial charge in [0.05, 0.1) is 19.5 Å². The van der Waals surface area contributed by atoms with Crippen molar-refractivity contribution < 1.29 is 66.7 Å². The Morgan fingerprint density at radius 3 is 2.33 bits per heavy atom. The standard InChI is InChI=1S/C20H24N8O13P2/c21-17-12-18(24-7-23-17)28(8-25-12)20-16(32)14(30)11(40-20)6-38-43(35,36)41-42(33,34)37-5-10-13(29)15(31)19(39-10)27-3-1-2-9(4-27)26-22/h1-4,7-8,10-11,13-16,19-20,29-32H,5-6H2,(H2-2,21,23,24,33,34,35,36)/p+2/t10-,11-,13-,14-,15-,16-,19-,20-/m1/s1. The highest BCUT2D eigenvalue weighted by Gasteiger charge is 2.50. The molecule has 3 aromatic heterocycles. The van der Waals surface area contributed by atoms with Gasteiger partial charge in [-0.15, -0.1) is 0 Å². The van der Waals surface area contributed by atoms with Crippen molar-refractivity contribution in [2.75, 3.05) is 18.9 Å². The van der Waals surface area contributed by atoms with E-state index in [1.807, 2.05) is 0 Å². The van der Waals surface area contributed by atoms with Gasteiger partial charge in [0.25, 0.3) is 12.4 Å². The number of diazo groups is 1. The smallest absolute Gasteiger partial charge is 0.387 e. The van der Waals surface area contributed by atoms with E-state index < -0.39 is 77.9 Å². The van der Waals surface area contributed by atoms with Crippen LogP contribution in [-0.2, 0) is 32.0 Å². The molecule has 2 fully saturated rings. The van der Waals surface area contributed by atoms with Gasteiger partial charge in [-0.1, -0.05) is 0 Å². The molecule has 0 aliphatic carbocycles. The molecular weight excluding hydrogens is 622 g/mol. The van der Waals surface area contributed by atoms with Crippen LogP contribution in [-0.4, -0.2) is 99.6 Å². The van der Waals surface area contributed by atoms with Gasteiger partial charge in [0.2, 0.25) is 5.39 Å². The molecule has 21 nitrogen and oxygen atoms in total. The second kappa shape index (κ2) is 12.1. The Balaban J connectivity index is 1.16. The Hall–Kier alpha value is -3.06. The van der Waals surface area contributed by atoms with Crippen LogP contribution >= 0.6 is 15.6 Å². The summed E-state index contributed by atoms with van der Waals surface area (Å²) in [6.45, 7) is -1.76. The highest BCUT2D eigenvalue weighted by molar-refractivity contribution is 7.61. The van der Waals surface area contributed by atoms with E-state index in [2.05, 4.69) is 28.8 Å². The number of rotatable bonds is 10. The second-order valence-electron chi connectivity index (χ2n) is 9.40. The lowest BCUT2D eigenvalue weighted by molar-refractivity contribution is -0.765. The molecule has 0 spiro atoms. The average molecular weight is 648 g/mol. The summed E-state index contributed by atoms with van der Waals surface area (Å²) in [6, 6.07) is 2.91. The van der Waals surface area contributed by atoms with Crippen molar-refractivity contribution in [1.82, 2.24) is 19.5 Å². The lowest BCUT2D eigenvalue weighted by Crippen LogP contribution is -2.45. The van der Waals surface area contributed by atoms with Crippen molar-refractivity contribution in [3.63, 3.8) is 0 Å². The molecule has 43 heavy (non-hydrogen) atoms. The van der Waals surface area contributed by atoms with Crippen LogP contribution < -0.4 is 10.3 Å². The highest BCUT2D eigenvalue weighted by Crippen LogP contribution is 2.60. The number of phosphoric acid groups is 2. The molecule has 10 atom stereocenters. The summed E-state index contributed by atoms with van der Waals surface area (Å²) in [5.41, 5.74) is 6.22. The van der Waals surface area contributed by atoms with Gasteiger partial charge in [0, 0.05) is 12.1 Å². The highest BCUT2D eigenvalue weighted by atomic mass is 31.3. The maximum absolute atomic E-state index is 12.4. The van der Waals surface area contributed by atoms with Crippen LogP contribution in [0, 0.1) is 5.39 Å². The number of nitrogen functional groups attached to an aromatic ring is 1. The van der Waals surface area contributed by atoms with Crippen LogP contribution in [0.3, 0.4) is 0 Å². The summed E-state index contributed by atoms with van der Waals surface area (Å²) in [4.78, 5) is 34.8. The molecule has 3 aromatic rings. The number of aromatic nitrogens is 5. The Kier molecular flexibility index (Phi) is 8.86. The Bertz CT molecular complexity index is 1620. The number of hydrogen-bond donors (Lipinski definition) is 7. The van der Waals surface area contributed by atoms with Gasteiger partial charge < -0.3 is 45.4 Å². The fourth-order valence-corrected chi connectivity index (χ4v) is 6.57. The third kappa shape index (κ3) is 6.57. The summed E-state index contributed by atoms with van der Waals surface area (Å²) >= 11 is 0. The first-order valence-electron chi connectivity index (χ1n) is 12.3. The van der Waals surface area contributed by atoms with Gasteiger partial charge >= 0.3 is 21.3 Å². The number of nitrogens with two attached hydrogens (primary N) is 1. The zero-order valence-corrected chi connectivity index (χ0v) is 23.4. The molecule has 0 radical (unpaired) electrons. The third-order valence-electron chi connectivity index (χ3n) is 6.56. The van der Waals surface area contributed by atoms with E-state index in [0.29, 0.717) is 0 Å². The minimum Gasteiger partial charge on any atom is -0.387 e. The number of aliphatic hydroxyl groups excluding tert-OH is 4. The second-order valence-corrected chi connectivity index (χ2v) is 12.4. The molecule has 232 valence electrons. The Labute approximate surface area is 240 Å². The Morgan fingerprint density at radius 1 is 1.00 bits per heavy atom. The molecule has 23 heteroatoms. The molecule has 2 aliphatic heterocycles. The summed E-state index contributed by atoms with van der Waals surface area (Å²) in [5.74, 6) is 0.0544. The molecule has 0 saturated carbocycles. The number of hydrogen-bond acceptors (Lipinski definition) is 16. The SMILES string of the molecule is N#[N+]c1ccc[n+]([C@@H]2O[C@H](COP(=O)(O)OP(=O)(O)OC[C@H]3O[C@@H](n4cnc5c(N)ncnc54)[C@H](O)[C@@H]3O)[C@@H](O)[C@H]2O)c1. The maximum atomic E-state index is 12.4. The van der Waals surface area contributed by atoms with Gasteiger partial charge in [0.1, 0.15) is 42.4 Å². The quantitative estimate of drug-likeness (QED) is 0.0737. The molecule has 5 heterocycles. The van der Waals surface area contributed by atoms with Crippen molar-refractivity contribution in [2.45, 2.75) is 49.1 Å². The van der Waals surface area contributed by atoms with E-state index in [1.165, 1.54) is 40.0 Å².